The summed E-state index contributed by atoms with van der Waals surface area (Å²) in [7, 11) is 0. The van der Waals surface area contributed by atoms with Crippen LogP contribution in [0.25, 0.3) is 11.1 Å². The van der Waals surface area contributed by atoms with E-state index in [4.69, 9.17) is 20.2 Å². The first-order chi connectivity index (χ1) is 14.3. The molecule has 3 rings (SSSR count). The van der Waals surface area contributed by atoms with Gasteiger partial charge in [-0.2, -0.15) is 10.5 Å². The summed E-state index contributed by atoms with van der Waals surface area (Å²) in [4.78, 5) is 11.0. The van der Waals surface area contributed by atoms with Crippen LogP contribution in [-0.2, 0) is 9.68 Å². The van der Waals surface area contributed by atoms with Crippen LogP contribution < -0.4 is 0 Å². The Hall–Kier alpha value is -3.64. The number of fused-ring (bicyclic) bond motifs is 3. The van der Waals surface area contributed by atoms with E-state index < -0.39 is 0 Å². The van der Waals surface area contributed by atoms with Crippen molar-refractivity contribution in [3.63, 3.8) is 0 Å². The van der Waals surface area contributed by atoms with Crippen LogP contribution in [0.2, 0.25) is 0 Å². The van der Waals surface area contributed by atoms with Gasteiger partial charge < -0.3 is 9.68 Å². The predicted molar refractivity (Wildman–Crippen MR) is 111 cm³/mol. The first-order valence-electron chi connectivity index (χ1n) is 9.66. The molecule has 6 nitrogen and oxygen atoms in total. The van der Waals surface area contributed by atoms with Crippen molar-refractivity contribution in [3.8, 4) is 23.3 Å². The molecule has 29 heavy (non-hydrogen) atoms. The van der Waals surface area contributed by atoms with Gasteiger partial charge in [0.05, 0.1) is 23.6 Å². The quantitative estimate of drug-likeness (QED) is 0.481. The number of nitrogens with zero attached hydrogens (tertiary/aromatic N) is 4. The lowest BCUT2D eigenvalue weighted by atomic mass is 9.96. The lowest BCUT2D eigenvalue weighted by Crippen LogP contribution is -2.10. The van der Waals surface area contributed by atoms with Crippen molar-refractivity contribution in [1.82, 2.24) is 0 Å². The largest absolute Gasteiger partial charge is 0.396 e. The van der Waals surface area contributed by atoms with Gasteiger partial charge in [-0.15, -0.1) is 0 Å². The molecule has 0 aliphatic heterocycles. The van der Waals surface area contributed by atoms with Crippen molar-refractivity contribution in [1.29, 1.82) is 10.5 Å². The Bertz CT molecular complexity index is 903. The van der Waals surface area contributed by atoms with Crippen LogP contribution in [-0.4, -0.2) is 24.6 Å². The van der Waals surface area contributed by atoms with Crippen molar-refractivity contribution in [2.45, 2.75) is 32.1 Å². The third-order valence-corrected chi connectivity index (χ3v) is 4.50. The van der Waals surface area contributed by atoms with Gasteiger partial charge in [0.1, 0.15) is 13.2 Å². The summed E-state index contributed by atoms with van der Waals surface area (Å²) >= 11 is 0. The van der Waals surface area contributed by atoms with Crippen LogP contribution in [0.1, 0.15) is 43.2 Å². The van der Waals surface area contributed by atoms with Crippen molar-refractivity contribution >= 4 is 11.4 Å². The van der Waals surface area contributed by atoms with Gasteiger partial charge in [0.2, 0.25) is 0 Å². The minimum absolute atomic E-state index is 0.392. The molecule has 0 spiro atoms. The number of rotatable bonds is 8. The second-order valence-corrected chi connectivity index (χ2v) is 6.53. The molecule has 0 aromatic heterocycles. The normalized spacial score (nSPS) is 15.0. The molecule has 2 aromatic carbocycles. The summed E-state index contributed by atoms with van der Waals surface area (Å²) in [6, 6.07) is 20.4. The molecule has 2 aromatic rings. The van der Waals surface area contributed by atoms with Gasteiger partial charge in [0, 0.05) is 30.4 Å². The van der Waals surface area contributed by atoms with E-state index in [2.05, 4.69) is 34.6 Å². The lowest BCUT2D eigenvalue weighted by molar-refractivity contribution is 0.141. The Morgan fingerprint density at radius 1 is 0.690 bits per heavy atom. The van der Waals surface area contributed by atoms with E-state index in [1.54, 1.807) is 0 Å². The summed E-state index contributed by atoms with van der Waals surface area (Å²) in [5.74, 6) is 0. The zero-order valence-electron chi connectivity index (χ0n) is 16.2. The molecular formula is C23H22N4O2. The maximum atomic E-state index is 8.66. The second-order valence-electron chi connectivity index (χ2n) is 6.53. The first kappa shape index (κ1) is 20.1. The highest BCUT2D eigenvalue weighted by molar-refractivity contribution is 6.24. The SMILES string of the molecule is N#CCCCON=C1CC(=NOCCCC#N)c2ccccc2-c2ccccc21. The lowest BCUT2D eigenvalue weighted by Gasteiger charge is -2.09. The van der Waals surface area contributed by atoms with E-state index in [0.29, 0.717) is 45.3 Å². The molecule has 0 atom stereocenters. The molecule has 0 bridgehead atoms. The zero-order valence-corrected chi connectivity index (χ0v) is 16.2. The smallest absolute Gasteiger partial charge is 0.118 e. The number of hydrogen-bond acceptors (Lipinski definition) is 6. The van der Waals surface area contributed by atoms with Crippen LogP contribution in [0, 0.1) is 22.7 Å². The van der Waals surface area contributed by atoms with Gasteiger partial charge in [0.25, 0.3) is 0 Å². The fourth-order valence-electron chi connectivity index (χ4n) is 3.13. The summed E-state index contributed by atoms with van der Waals surface area (Å²) in [6.45, 7) is 0.784. The third-order valence-electron chi connectivity index (χ3n) is 4.50. The predicted octanol–water partition coefficient (Wildman–Crippen LogP) is 4.81. The van der Waals surface area contributed by atoms with Gasteiger partial charge in [-0.05, 0) is 24.0 Å². The van der Waals surface area contributed by atoms with Crippen LogP contribution in [0.15, 0.2) is 58.8 Å². The Balaban J connectivity index is 1.93. The molecule has 146 valence electrons. The van der Waals surface area contributed by atoms with Crippen LogP contribution in [0.3, 0.4) is 0 Å². The molecular weight excluding hydrogens is 364 g/mol. The summed E-state index contributed by atoms with van der Waals surface area (Å²) in [6.07, 6.45) is 2.62. The zero-order chi connectivity index (χ0) is 20.3. The molecule has 0 saturated heterocycles. The van der Waals surface area contributed by atoms with E-state index in [1.165, 1.54) is 0 Å². The Labute approximate surface area is 170 Å². The topological polar surface area (TPSA) is 90.8 Å². The summed E-state index contributed by atoms with van der Waals surface area (Å²) < 4.78 is 0. The van der Waals surface area contributed by atoms with E-state index in [0.717, 1.165) is 33.7 Å². The average molecular weight is 386 g/mol. The van der Waals surface area contributed by atoms with Gasteiger partial charge in [-0.25, -0.2) is 0 Å². The number of benzene rings is 2. The highest BCUT2D eigenvalue weighted by Gasteiger charge is 2.23. The van der Waals surface area contributed by atoms with Crippen LogP contribution in [0.5, 0.6) is 0 Å². The van der Waals surface area contributed by atoms with E-state index in [1.807, 2.05) is 36.4 Å². The summed E-state index contributed by atoms with van der Waals surface area (Å²) in [5, 5.41) is 26.1. The fraction of sp³-hybridized carbons (Fsp3) is 0.304. The molecule has 0 heterocycles. The van der Waals surface area contributed by atoms with E-state index in [9.17, 15) is 0 Å². The average Bonchev–Trinajstić information content (AvgIpc) is 2.89. The Morgan fingerprint density at radius 3 is 1.52 bits per heavy atom. The highest BCUT2D eigenvalue weighted by atomic mass is 16.6. The van der Waals surface area contributed by atoms with Crippen molar-refractivity contribution < 1.29 is 9.68 Å². The monoisotopic (exact) mass is 386 g/mol. The summed E-state index contributed by atoms with van der Waals surface area (Å²) in [5.41, 5.74) is 5.67. The molecule has 0 fully saturated rings. The fourth-order valence-corrected chi connectivity index (χ4v) is 3.13. The van der Waals surface area contributed by atoms with Gasteiger partial charge in [-0.3, -0.25) is 0 Å². The van der Waals surface area contributed by atoms with Crippen LogP contribution in [0.4, 0.5) is 0 Å². The van der Waals surface area contributed by atoms with Crippen LogP contribution >= 0.6 is 0 Å². The maximum absolute atomic E-state index is 8.66. The Kier molecular flexibility index (Phi) is 7.37. The number of oxime groups is 2. The first-order valence-corrected chi connectivity index (χ1v) is 9.66. The molecule has 0 radical (unpaired) electrons. The third kappa shape index (κ3) is 5.21. The number of unbranched alkanes of at least 4 members (excludes halogenated alkanes) is 2. The molecule has 6 heteroatoms. The highest BCUT2D eigenvalue weighted by Crippen LogP contribution is 2.33. The molecule has 0 unspecified atom stereocenters. The van der Waals surface area contributed by atoms with Gasteiger partial charge in [0.15, 0.2) is 0 Å². The Morgan fingerprint density at radius 2 is 1.10 bits per heavy atom. The van der Waals surface area contributed by atoms with Crippen molar-refractivity contribution in [3.05, 3.63) is 59.7 Å². The molecule has 0 saturated carbocycles. The molecule has 0 amide bonds. The molecule has 1 aliphatic rings. The number of nitriles is 2. The molecule has 1 aliphatic carbocycles. The van der Waals surface area contributed by atoms with E-state index in [-0.39, 0.29) is 0 Å². The number of hydrogen-bond donors (Lipinski definition) is 0. The van der Waals surface area contributed by atoms with Gasteiger partial charge >= 0.3 is 0 Å². The minimum Gasteiger partial charge on any atom is -0.396 e. The minimum atomic E-state index is 0.392. The van der Waals surface area contributed by atoms with E-state index >= 15 is 0 Å². The molecule has 0 N–H and O–H groups in total. The van der Waals surface area contributed by atoms with Crippen molar-refractivity contribution in [2.24, 2.45) is 10.3 Å². The van der Waals surface area contributed by atoms with Crippen molar-refractivity contribution in [2.75, 3.05) is 13.2 Å². The maximum Gasteiger partial charge on any atom is 0.118 e. The van der Waals surface area contributed by atoms with Gasteiger partial charge in [-0.1, -0.05) is 58.8 Å². The second kappa shape index (κ2) is 10.6. The standard InChI is InChI=1S/C23H22N4O2/c24-13-5-7-15-28-26-22-17-23(27-29-16-8-6-14-25)21-12-4-2-10-19(21)18-9-1-3-11-20(18)22/h1-4,9-12H,5-8,15-17H2.